The minimum atomic E-state index is 0.430. The summed E-state index contributed by atoms with van der Waals surface area (Å²) in [6.45, 7) is 5.37. The Hall–Kier alpha value is -2.66. The van der Waals surface area contributed by atoms with E-state index in [1.54, 1.807) is 0 Å². The van der Waals surface area contributed by atoms with Gasteiger partial charge in [0, 0.05) is 38.1 Å². The van der Waals surface area contributed by atoms with Crippen molar-refractivity contribution in [2.45, 2.75) is 58.2 Å². The summed E-state index contributed by atoms with van der Waals surface area (Å²) in [5.41, 5.74) is 5.19. The van der Waals surface area contributed by atoms with E-state index in [0.717, 1.165) is 42.1 Å². The fraction of sp³-hybridized carbons (Fsp3) is 0.440. The third kappa shape index (κ3) is 4.57. The number of nitrogens with zero attached hydrogens (tertiary/aromatic N) is 3. The Morgan fingerprint density at radius 3 is 2.23 bits per heavy atom. The van der Waals surface area contributed by atoms with Crippen LogP contribution in [0.25, 0.3) is 10.9 Å². The molecule has 158 valence electrons. The molecule has 0 saturated heterocycles. The van der Waals surface area contributed by atoms with Crippen LogP contribution in [0.4, 0.5) is 11.8 Å². The monoisotopic (exact) mass is 403 g/mol. The molecule has 5 heteroatoms. The molecule has 0 aliphatic heterocycles. The van der Waals surface area contributed by atoms with E-state index in [9.17, 15) is 0 Å². The van der Waals surface area contributed by atoms with Crippen molar-refractivity contribution in [3.8, 4) is 0 Å². The minimum absolute atomic E-state index is 0.430. The number of benzene rings is 2. The highest BCUT2D eigenvalue weighted by molar-refractivity contribution is 5.90. The summed E-state index contributed by atoms with van der Waals surface area (Å²) < 4.78 is 0. The van der Waals surface area contributed by atoms with Gasteiger partial charge in [0.15, 0.2) is 0 Å². The van der Waals surface area contributed by atoms with Gasteiger partial charge >= 0.3 is 0 Å². The molecule has 1 aromatic heterocycles. The summed E-state index contributed by atoms with van der Waals surface area (Å²) in [7, 11) is 4.07. The highest BCUT2D eigenvalue weighted by atomic mass is 15.2. The molecule has 1 aliphatic carbocycles. The molecule has 2 N–H and O–H groups in total. The Kier molecular flexibility index (Phi) is 6.18. The van der Waals surface area contributed by atoms with Crippen molar-refractivity contribution in [3.63, 3.8) is 0 Å². The lowest BCUT2D eigenvalue weighted by Gasteiger charge is -2.30. The summed E-state index contributed by atoms with van der Waals surface area (Å²) in [5.74, 6) is 1.70. The van der Waals surface area contributed by atoms with Crippen LogP contribution in [0.3, 0.4) is 0 Å². The lowest BCUT2D eigenvalue weighted by Crippen LogP contribution is -2.37. The molecule has 0 amide bonds. The Balaban J connectivity index is 1.36. The first-order valence-corrected chi connectivity index (χ1v) is 11.0. The van der Waals surface area contributed by atoms with E-state index in [1.807, 2.05) is 26.2 Å². The van der Waals surface area contributed by atoms with Crippen LogP contribution in [0, 0.1) is 13.8 Å². The number of hydrogen-bond acceptors (Lipinski definition) is 5. The highest BCUT2D eigenvalue weighted by Gasteiger charge is 2.22. The van der Waals surface area contributed by atoms with Gasteiger partial charge in [0.05, 0.1) is 5.52 Å². The average molecular weight is 404 g/mol. The molecule has 0 radical (unpaired) electrons. The number of nitrogens with one attached hydrogen (secondary N) is 2. The Labute approximate surface area is 179 Å². The molecule has 1 aliphatic rings. The van der Waals surface area contributed by atoms with Gasteiger partial charge < -0.3 is 15.5 Å². The number of rotatable bonds is 6. The zero-order valence-electron chi connectivity index (χ0n) is 18.6. The summed E-state index contributed by atoms with van der Waals surface area (Å²) in [5, 5.41) is 8.48. The van der Waals surface area contributed by atoms with Crippen molar-refractivity contribution in [3.05, 3.63) is 59.2 Å². The van der Waals surface area contributed by atoms with E-state index in [1.165, 1.54) is 29.5 Å². The third-order valence-electron chi connectivity index (χ3n) is 6.28. The molecule has 0 bridgehead atoms. The molecule has 0 spiro atoms. The standard InChI is InChI=1S/C25H33N5/c1-17-8-7-9-18(2)22(17)16-26-19-12-14-20(15-13-19)27-25-28-23-11-6-5-10-21(23)24(29-25)30(3)4/h5-11,19-20,26H,12-16H2,1-4H3,(H,27,28,29)/t19-,20+. The fourth-order valence-corrected chi connectivity index (χ4v) is 4.46. The fourth-order valence-electron chi connectivity index (χ4n) is 4.46. The first kappa shape index (κ1) is 20.6. The van der Waals surface area contributed by atoms with Gasteiger partial charge in [-0.3, -0.25) is 0 Å². The van der Waals surface area contributed by atoms with Crippen molar-refractivity contribution in [1.29, 1.82) is 0 Å². The largest absolute Gasteiger partial charge is 0.362 e. The second-order valence-electron chi connectivity index (χ2n) is 8.73. The molecule has 2 aromatic carbocycles. The first-order valence-electron chi connectivity index (χ1n) is 11.0. The van der Waals surface area contributed by atoms with Gasteiger partial charge in [-0.1, -0.05) is 30.3 Å². The number of aryl methyl sites for hydroxylation is 2. The predicted molar refractivity (Wildman–Crippen MR) is 126 cm³/mol. The SMILES string of the molecule is Cc1cccc(C)c1CN[C@H]1CC[C@@H](Nc2nc(N(C)C)c3ccccc3n2)CC1. The average Bonchev–Trinajstić information content (AvgIpc) is 2.74. The van der Waals surface area contributed by atoms with E-state index in [0.29, 0.717) is 12.1 Å². The number of fused-ring (bicyclic) bond motifs is 1. The predicted octanol–water partition coefficient (Wildman–Crippen LogP) is 4.83. The number of hydrogen-bond donors (Lipinski definition) is 2. The van der Waals surface area contributed by atoms with Crippen LogP contribution in [-0.2, 0) is 6.54 Å². The number of aromatic nitrogens is 2. The van der Waals surface area contributed by atoms with Gasteiger partial charge in [-0.15, -0.1) is 0 Å². The lowest BCUT2D eigenvalue weighted by atomic mass is 9.91. The molecule has 5 nitrogen and oxygen atoms in total. The molecular formula is C25H33N5. The molecule has 0 atom stereocenters. The van der Waals surface area contributed by atoms with E-state index in [-0.39, 0.29) is 0 Å². The van der Waals surface area contributed by atoms with Crippen LogP contribution in [-0.4, -0.2) is 36.1 Å². The molecule has 30 heavy (non-hydrogen) atoms. The lowest BCUT2D eigenvalue weighted by molar-refractivity contribution is 0.352. The maximum Gasteiger partial charge on any atom is 0.225 e. The summed E-state index contributed by atoms with van der Waals surface area (Å²) in [6, 6.07) is 15.8. The first-order chi connectivity index (χ1) is 14.5. The van der Waals surface area contributed by atoms with Crippen LogP contribution < -0.4 is 15.5 Å². The van der Waals surface area contributed by atoms with Gasteiger partial charge in [-0.05, 0) is 68.4 Å². The number of para-hydroxylation sites is 1. The van der Waals surface area contributed by atoms with Gasteiger partial charge in [0.1, 0.15) is 5.82 Å². The third-order valence-corrected chi connectivity index (χ3v) is 6.28. The summed E-state index contributed by atoms with van der Waals surface area (Å²) in [4.78, 5) is 11.6. The van der Waals surface area contributed by atoms with Crippen LogP contribution >= 0.6 is 0 Å². The van der Waals surface area contributed by atoms with Crippen LogP contribution in [0.5, 0.6) is 0 Å². The van der Waals surface area contributed by atoms with E-state index >= 15 is 0 Å². The second-order valence-corrected chi connectivity index (χ2v) is 8.73. The molecule has 3 aromatic rings. The Bertz CT molecular complexity index is 985. The molecule has 1 heterocycles. The van der Waals surface area contributed by atoms with Crippen molar-refractivity contribution in [2.24, 2.45) is 0 Å². The summed E-state index contributed by atoms with van der Waals surface area (Å²) >= 11 is 0. The zero-order chi connectivity index (χ0) is 21.1. The van der Waals surface area contributed by atoms with Crippen LogP contribution in [0.1, 0.15) is 42.4 Å². The topological polar surface area (TPSA) is 53.1 Å². The van der Waals surface area contributed by atoms with Gasteiger partial charge in [-0.25, -0.2) is 4.98 Å². The highest BCUT2D eigenvalue weighted by Crippen LogP contribution is 2.26. The van der Waals surface area contributed by atoms with Gasteiger partial charge in [0.2, 0.25) is 5.95 Å². The van der Waals surface area contributed by atoms with Gasteiger partial charge in [0.25, 0.3) is 0 Å². The Morgan fingerprint density at radius 1 is 0.867 bits per heavy atom. The normalized spacial score (nSPS) is 19.1. The van der Waals surface area contributed by atoms with Crippen molar-refractivity contribution >= 4 is 22.7 Å². The van der Waals surface area contributed by atoms with E-state index in [2.05, 4.69) is 59.7 Å². The molecule has 1 fully saturated rings. The molecular weight excluding hydrogens is 370 g/mol. The van der Waals surface area contributed by atoms with Crippen molar-refractivity contribution in [1.82, 2.24) is 15.3 Å². The smallest absolute Gasteiger partial charge is 0.225 e. The number of anilines is 2. The molecule has 4 rings (SSSR count). The van der Waals surface area contributed by atoms with Crippen molar-refractivity contribution < 1.29 is 0 Å². The zero-order valence-corrected chi connectivity index (χ0v) is 18.6. The second kappa shape index (κ2) is 9.00. The quantitative estimate of drug-likeness (QED) is 0.618. The molecule has 1 saturated carbocycles. The maximum absolute atomic E-state index is 4.80. The minimum Gasteiger partial charge on any atom is -0.362 e. The molecule has 0 unspecified atom stereocenters. The van der Waals surface area contributed by atoms with E-state index in [4.69, 9.17) is 9.97 Å². The Morgan fingerprint density at radius 2 is 1.53 bits per heavy atom. The maximum atomic E-state index is 4.80. The van der Waals surface area contributed by atoms with Crippen molar-refractivity contribution in [2.75, 3.05) is 24.3 Å². The van der Waals surface area contributed by atoms with Crippen LogP contribution in [0.15, 0.2) is 42.5 Å². The summed E-state index contributed by atoms with van der Waals surface area (Å²) in [6.07, 6.45) is 4.63. The van der Waals surface area contributed by atoms with Gasteiger partial charge in [-0.2, -0.15) is 4.98 Å². The van der Waals surface area contributed by atoms with E-state index < -0.39 is 0 Å². The van der Waals surface area contributed by atoms with Crippen LogP contribution in [0.2, 0.25) is 0 Å².